The van der Waals surface area contributed by atoms with Gasteiger partial charge in [0.1, 0.15) is 23.2 Å². The van der Waals surface area contributed by atoms with Crippen molar-refractivity contribution >= 4 is 22.7 Å². The molecule has 0 amide bonds. The average Bonchev–Trinajstić information content (AvgIpc) is 3.77. The fraction of sp³-hybridized carbons (Fsp3) is 0.270. The van der Waals surface area contributed by atoms with Crippen LogP contribution in [0.3, 0.4) is 0 Å². The van der Waals surface area contributed by atoms with E-state index >= 15 is 13.2 Å². The van der Waals surface area contributed by atoms with Crippen LogP contribution in [0.1, 0.15) is 67.3 Å². The lowest BCUT2D eigenvalue weighted by molar-refractivity contribution is -0.143. The maximum Gasteiger partial charge on any atom is 0.306 e. The largest absolute Gasteiger partial charge is 0.466 e. The Labute approximate surface area is 286 Å². The van der Waals surface area contributed by atoms with Crippen LogP contribution < -0.4 is 16.3 Å². The smallest absolute Gasteiger partial charge is 0.306 e. The third kappa shape index (κ3) is 7.37. The Morgan fingerprint density at radius 2 is 1.96 bits per heavy atom. The number of esters is 1. The molecule has 1 aliphatic rings. The minimum atomic E-state index is -0.692. The third-order valence-corrected chi connectivity index (χ3v) is 8.75. The van der Waals surface area contributed by atoms with Crippen LogP contribution in [0.2, 0.25) is 0 Å². The van der Waals surface area contributed by atoms with Gasteiger partial charge in [0.25, 0.3) is 0 Å². The molecule has 0 saturated carbocycles. The highest BCUT2D eigenvalue weighted by atomic mass is 19.1. The first-order chi connectivity index (χ1) is 24.1. The topological polar surface area (TPSA) is 152 Å². The van der Waals surface area contributed by atoms with Crippen LogP contribution >= 0.6 is 0 Å². The molecule has 1 aliphatic heterocycles. The van der Waals surface area contributed by atoms with Crippen LogP contribution in [0.25, 0.3) is 22.3 Å². The summed E-state index contributed by atoms with van der Waals surface area (Å²) in [5.41, 5.74) is 8.22. The zero-order valence-corrected chi connectivity index (χ0v) is 27.4. The molecule has 4 bridgehead atoms. The number of benzene rings is 3. The lowest BCUT2D eigenvalue weighted by Gasteiger charge is -2.19. The molecule has 3 heterocycles. The molecule has 0 fully saturated rings. The SMILES string of the molecule is CCOC(=O)CCc1cccc(C2CCCCC(=O)/C(N)=C/N(N)Cc3c(c(F)cc4[nH]ccc34)Oc3ccc(F)c(c3)-c3ncc2[nH]3)c1F. The molecule has 0 aliphatic carbocycles. The van der Waals surface area contributed by atoms with Crippen LogP contribution in [-0.4, -0.2) is 38.3 Å². The molecule has 260 valence electrons. The van der Waals surface area contributed by atoms with Gasteiger partial charge < -0.3 is 30.2 Å². The zero-order valence-electron chi connectivity index (χ0n) is 27.4. The number of imidazole rings is 1. The molecule has 1 unspecified atom stereocenters. The summed E-state index contributed by atoms with van der Waals surface area (Å²) in [5.74, 6) is 3.32. The number of nitrogens with one attached hydrogen (secondary N) is 2. The lowest BCUT2D eigenvalue weighted by atomic mass is 9.88. The first-order valence-corrected chi connectivity index (χ1v) is 16.4. The van der Waals surface area contributed by atoms with Gasteiger partial charge in [0.15, 0.2) is 17.3 Å². The van der Waals surface area contributed by atoms with Gasteiger partial charge in [-0.3, -0.25) is 9.59 Å². The van der Waals surface area contributed by atoms with Gasteiger partial charge in [-0.05, 0) is 61.6 Å². The Balaban J connectivity index is 1.41. The maximum absolute atomic E-state index is 16.1. The number of ketones is 1. The Morgan fingerprint density at radius 1 is 1.12 bits per heavy atom. The van der Waals surface area contributed by atoms with E-state index in [2.05, 4.69) is 15.0 Å². The number of H-pyrrole nitrogens is 2. The molecule has 0 radical (unpaired) electrons. The average molecular weight is 687 g/mol. The first-order valence-electron chi connectivity index (χ1n) is 16.4. The minimum Gasteiger partial charge on any atom is -0.466 e. The number of aryl methyl sites for hydroxylation is 1. The Hall–Kier alpha value is -5.56. The standard InChI is InChI=1S/C37H37F3N6O4/c1-2-49-34(48)13-10-21-6-5-8-25(35(21)40)23-7-3-4-9-33(47)30(41)20-46(42)19-27-24-14-15-43-31(24)17-29(39)36(27)50-22-11-12-28(38)26(16-22)37-44-18-32(23)45-37/h5-6,8,11-12,14-18,20,23,43H,2-4,7,9-10,13,19,41-42H2,1H3,(H,44,45)/b30-20-. The highest BCUT2D eigenvalue weighted by molar-refractivity contribution is 5.94. The Bertz CT molecular complexity index is 2070. The van der Waals surface area contributed by atoms with Gasteiger partial charge >= 0.3 is 5.97 Å². The zero-order chi connectivity index (χ0) is 35.4. The third-order valence-electron chi connectivity index (χ3n) is 8.75. The molecule has 50 heavy (non-hydrogen) atoms. The quantitative estimate of drug-likeness (QED) is 0.114. The minimum absolute atomic E-state index is 0.0203. The van der Waals surface area contributed by atoms with E-state index in [9.17, 15) is 9.59 Å². The van der Waals surface area contributed by atoms with Gasteiger partial charge in [-0.1, -0.05) is 24.6 Å². The van der Waals surface area contributed by atoms with Gasteiger partial charge in [0, 0.05) is 65.6 Å². The van der Waals surface area contributed by atoms with Crippen molar-refractivity contribution < 1.29 is 32.2 Å². The second-order valence-electron chi connectivity index (χ2n) is 12.1. The summed E-state index contributed by atoms with van der Waals surface area (Å²) >= 11 is 0. The summed E-state index contributed by atoms with van der Waals surface area (Å²) in [7, 11) is 0. The molecule has 0 spiro atoms. The number of carbonyl (C=O) groups excluding carboxylic acids is 2. The number of hydrogen-bond acceptors (Lipinski definition) is 8. The van der Waals surface area contributed by atoms with E-state index in [0.29, 0.717) is 52.5 Å². The normalized spacial score (nSPS) is 16.8. The summed E-state index contributed by atoms with van der Waals surface area (Å²) in [6, 6.07) is 12.0. The van der Waals surface area contributed by atoms with Crippen molar-refractivity contribution in [1.82, 2.24) is 20.0 Å². The molecule has 0 saturated heterocycles. The van der Waals surface area contributed by atoms with Crippen molar-refractivity contribution in [2.75, 3.05) is 6.61 Å². The van der Waals surface area contributed by atoms with E-state index in [1.807, 2.05) is 0 Å². The number of fused-ring (bicyclic) bond motifs is 8. The highest BCUT2D eigenvalue weighted by Gasteiger charge is 2.25. The molecule has 2 aromatic heterocycles. The number of ether oxygens (including phenoxy) is 2. The second-order valence-corrected chi connectivity index (χ2v) is 12.1. The number of carbonyl (C=O) groups is 2. The van der Waals surface area contributed by atoms with Crippen molar-refractivity contribution in [2.45, 2.75) is 57.9 Å². The van der Waals surface area contributed by atoms with E-state index in [-0.39, 0.29) is 66.8 Å². The maximum atomic E-state index is 16.1. The molecule has 6 rings (SSSR count). The number of hydrazine groups is 1. The van der Waals surface area contributed by atoms with Gasteiger partial charge in [-0.25, -0.2) is 24.0 Å². The monoisotopic (exact) mass is 686 g/mol. The summed E-state index contributed by atoms with van der Waals surface area (Å²) in [5, 5.41) is 1.81. The molecule has 13 heteroatoms. The number of aromatic nitrogens is 3. The number of aromatic amines is 2. The van der Waals surface area contributed by atoms with Crippen LogP contribution in [0.15, 0.2) is 72.8 Å². The van der Waals surface area contributed by atoms with Crippen molar-refractivity contribution in [1.29, 1.82) is 0 Å². The Morgan fingerprint density at radius 3 is 2.78 bits per heavy atom. The molecule has 5 aromatic rings. The van der Waals surface area contributed by atoms with E-state index < -0.39 is 29.3 Å². The number of nitrogens with zero attached hydrogens (tertiary/aromatic N) is 2. The molecule has 1 atom stereocenters. The molecule has 6 N–H and O–H groups in total. The van der Waals surface area contributed by atoms with Gasteiger partial charge in [0.2, 0.25) is 0 Å². The predicted molar refractivity (Wildman–Crippen MR) is 181 cm³/mol. The van der Waals surface area contributed by atoms with E-state index in [1.165, 1.54) is 41.7 Å². The van der Waals surface area contributed by atoms with E-state index in [0.717, 1.165) is 0 Å². The summed E-state index contributed by atoms with van der Waals surface area (Å²) in [4.78, 5) is 35.6. The van der Waals surface area contributed by atoms with Crippen molar-refractivity contribution in [3.63, 3.8) is 0 Å². The van der Waals surface area contributed by atoms with E-state index in [1.54, 1.807) is 37.4 Å². The number of allylic oxidation sites excluding steroid dienone is 1. The highest BCUT2D eigenvalue weighted by Crippen LogP contribution is 2.38. The molecule has 10 nitrogen and oxygen atoms in total. The number of rotatable bonds is 5. The molecular formula is C37H37F3N6O4. The Kier molecular flexibility index (Phi) is 10.2. The molecular weight excluding hydrogens is 649 g/mol. The molecule has 3 aromatic carbocycles. The predicted octanol–water partition coefficient (Wildman–Crippen LogP) is 7.01. The van der Waals surface area contributed by atoms with Crippen LogP contribution in [0.4, 0.5) is 13.2 Å². The van der Waals surface area contributed by atoms with Crippen LogP contribution in [0.5, 0.6) is 11.5 Å². The first kappa shape index (κ1) is 34.3. The summed E-state index contributed by atoms with van der Waals surface area (Å²) in [6.45, 7) is 1.87. The number of Topliss-reactive ketones (excluding diaryl/α,β-unsaturated/α-hetero) is 1. The number of nitrogens with two attached hydrogens (primary N) is 2. The van der Waals surface area contributed by atoms with Crippen molar-refractivity contribution in [3.8, 4) is 22.9 Å². The van der Waals surface area contributed by atoms with Gasteiger partial charge in [-0.15, -0.1) is 0 Å². The number of hydrogen-bond donors (Lipinski definition) is 4. The fourth-order valence-corrected chi connectivity index (χ4v) is 6.27. The van der Waals surface area contributed by atoms with Gasteiger partial charge in [0.05, 0.1) is 24.4 Å². The summed E-state index contributed by atoms with van der Waals surface area (Å²) < 4.78 is 58.1. The van der Waals surface area contributed by atoms with Gasteiger partial charge in [-0.2, -0.15) is 0 Å². The second kappa shape index (κ2) is 14.9. The fourth-order valence-electron chi connectivity index (χ4n) is 6.27. The van der Waals surface area contributed by atoms with Crippen molar-refractivity contribution in [3.05, 3.63) is 113 Å². The van der Waals surface area contributed by atoms with Crippen LogP contribution in [-0.2, 0) is 27.3 Å². The summed E-state index contributed by atoms with van der Waals surface area (Å²) in [6.07, 6.45) is 6.09. The van der Waals surface area contributed by atoms with Crippen molar-refractivity contribution in [2.24, 2.45) is 11.6 Å². The van der Waals surface area contributed by atoms with Crippen LogP contribution in [0, 0.1) is 17.5 Å². The van der Waals surface area contributed by atoms with E-state index in [4.69, 9.17) is 21.1 Å². The lowest BCUT2D eigenvalue weighted by Crippen LogP contribution is -2.28. The number of halogens is 3.